The summed E-state index contributed by atoms with van der Waals surface area (Å²) >= 11 is 1.65. The summed E-state index contributed by atoms with van der Waals surface area (Å²) in [6.45, 7) is 4.24. The molecule has 0 spiro atoms. The van der Waals surface area contributed by atoms with E-state index >= 15 is 0 Å². The van der Waals surface area contributed by atoms with E-state index in [1.807, 2.05) is 134 Å². The van der Waals surface area contributed by atoms with Crippen molar-refractivity contribution in [1.82, 2.24) is 54.7 Å². The van der Waals surface area contributed by atoms with Crippen LogP contribution in [-0.2, 0) is 0 Å². The number of aryl methyl sites for hydroxylation is 2. The standard InChI is InChI=1S/C71H41N11O4S/c1-38-26-45(30-51-52-31-46(27-39(2)65(52)83-64(38)51)82-59-22-24-72-35-54(59)47-20-18-44(29-61(47)82)69-78-75-66(84-69)40-12-6-3-7-13-40)81-58-21-19-43(28-49(58)55-36-73-25-23-60(55)81)48-32-50-56-37-74-57(71-80-77-68(86-71)42-16-10-5-11-17-42)34-63(56)87-62(50)33-53(48)70-79-76-67(85-70)41-14-8-4-9-15-41/h3-37H,1-2H3. The van der Waals surface area contributed by atoms with E-state index in [-0.39, 0.29) is 0 Å². The summed E-state index contributed by atoms with van der Waals surface area (Å²) in [5.74, 6) is 2.51. The molecule has 18 aromatic rings. The highest BCUT2D eigenvalue weighted by molar-refractivity contribution is 7.25. The van der Waals surface area contributed by atoms with Gasteiger partial charge in [-0.2, -0.15) is 0 Å². The molecule has 16 heteroatoms. The number of nitrogens with zero attached hydrogens (tertiary/aromatic N) is 11. The fourth-order valence-electron chi connectivity index (χ4n) is 12.5. The van der Waals surface area contributed by atoms with Gasteiger partial charge in [0.05, 0.1) is 22.1 Å². The Morgan fingerprint density at radius 3 is 1.48 bits per heavy atom. The third kappa shape index (κ3) is 7.71. The van der Waals surface area contributed by atoms with Crippen molar-refractivity contribution in [2.45, 2.75) is 13.8 Å². The van der Waals surface area contributed by atoms with Crippen LogP contribution >= 0.6 is 11.3 Å². The van der Waals surface area contributed by atoms with Crippen molar-refractivity contribution < 1.29 is 17.7 Å². The minimum Gasteiger partial charge on any atom is -0.456 e. The quantitative estimate of drug-likeness (QED) is 0.133. The molecule has 8 aromatic carbocycles. The molecule has 18 rings (SSSR count). The smallest absolute Gasteiger partial charge is 0.266 e. The second-order valence-corrected chi connectivity index (χ2v) is 22.8. The third-order valence-corrected chi connectivity index (χ3v) is 17.6. The number of hydrogen-bond donors (Lipinski definition) is 0. The van der Waals surface area contributed by atoms with Crippen LogP contribution in [0.1, 0.15) is 11.1 Å². The Balaban J connectivity index is 0.778. The minimum atomic E-state index is 0.345. The number of pyridine rings is 3. The van der Waals surface area contributed by atoms with Gasteiger partial charge in [-0.25, -0.2) is 0 Å². The van der Waals surface area contributed by atoms with Crippen LogP contribution in [0.4, 0.5) is 0 Å². The van der Waals surface area contributed by atoms with Gasteiger partial charge in [0.25, 0.3) is 5.89 Å². The molecular formula is C71H41N11O4S. The van der Waals surface area contributed by atoms with E-state index in [0.29, 0.717) is 41.0 Å². The number of thiophene rings is 1. The molecule has 0 aliphatic carbocycles. The molecule has 0 saturated carbocycles. The van der Waals surface area contributed by atoms with Crippen molar-refractivity contribution in [3.05, 3.63) is 224 Å². The van der Waals surface area contributed by atoms with Crippen molar-refractivity contribution in [2.75, 3.05) is 0 Å². The average molecular weight is 1140 g/mol. The monoisotopic (exact) mass is 1140 g/mol. The zero-order chi connectivity index (χ0) is 57.4. The first-order valence-electron chi connectivity index (χ1n) is 28.2. The topological polar surface area (TPSA) is 178 Å². The van der Waals surface area contributed by atoms with Gasteiger partial charge in [-0.05, 0) is 151 Å². The lowest BCUT2D eigenvalue weighted by atomic mass is 9.96. The normalized spacial score (nSPS) is 12.0. The summed E-state index contributed by atoms with van der Waals surface area (Å²) in [6.07, 6.45) is 9.47. The lowest BCUT2D eigenvalue weighted by Crippen LogP contribution is -1.96. The van der Waals surface area contributed by atoms with Crippen molar-refractivity contribution >= 4 is 97.1 Å². The van der Waals surface area contributed by atoms with Gasteiger partial charge in [0, 0.05) is 123 Å². The Bertz CT molecular complexity index is 5820. The van der Waals surface area contributed by atoms with Crippen molar-refractivity contribution in [3.8, 4) is 91.4 Å². The molecule has 0 amide bonds. The molecule has 0 radical (unpaired) electrons. The Morgan fingerprint density at radius 2 is 0.851 bits per heavy atom. The SMILES string of the molecule is Cc1cc(-n2c3ccncc3c3cc(-c4cc5c(cc4-c4nnc(-c6ccccc6)o4)sc4cc(-c6nnc(-c7ccccc7)o6)ncc45)ccc32)cc2c1oc1c(C)cc(-n3c4ccncc4c4ccc(-c5nnc(-c6ccccc6)o5)cc43)cc12. The summed E-state index contributed by atoms with van der Waals surface area (Å²) in [7, 11) is 0. The second kappa shape index (κ2) is 18.9. The molecule has 0 unspecified atom stereocenters. The maximum Gasteiger partial charge on any atom is 0.266 e. The van der Waals surface area contributed by atoms with Gasteiger partial charge in [-0.15, -0.1) is 41.9 Å². The number of hydrogen-bond acceptors (Lipinski definition) is 14. The van der Waals surface area contributed by atoms with Crippen LogP contribution in [0.15, 0.2) is 231 Å². The molecule has 10 aromatic heterocycles. The van der Waals surface area contributed by atoms with Gasteiger partial charge in [0.2, 0.25) is 29.5 Å². The lowest BCUT2D eigenvalue weighted by Gasteiger charge is -2.12. The summed E-state index contributed by atoms with van der Waals surface area (Å²) in [6, 6.07) is 61.7. The van der Waals surface area contributed by atoms with E-state index in [1.165, 1.54) is 0 Å². The maximum atomic E-state index is 6.86. The first-order chi connectivity index (χ1) is 42.9. The van der Waals surface area contributed by atoms with E-state index in [4.69, 9.17) is 27.6 Å². The van der Waals surface area contributed by atoms with Crippen LogP contribution in [0.25, 0.3) is 177 Å². The second-order valence-electron chi connectivity index (χ2n) is 21.7. The van der Waals surface area contributed by atoms with E-state index in [0.717, 1.165) is 147 Å². The first kappa shape index (κ1) is 48.7. The molecule has 410 valence electrons. The molecule has 0 N–H and O–H groups in total. The van der Waals surface area contributed by atoms with Gasteiger partial charge < -0.3 is 26.8 Å². The van der Waals surface area contributed by atoms with Crippen LogP contribution in [0.2, 0.25) is 0 Å². The van der Waals surface area contributed by atoms with E-state index in [2.05, 4.69) is 137 Å². The summed E-state index contributed by atoms with van der Waals surface area (Å²) in [5, 5.41) is 35.0. The molecule has 0 aliphatic rings. The number of furan rings is 1. The van der Waals surface area contributed by atoms with E-state index in [9.17, 15) is 0 Å². The zero-order valence-electron chi connectivity index (χ0n) is 46.2. The number of rotatable bonds is 9. The van der Waals surface area contributed by atoms with Gasteiger partial charge in [-0.1, -0.05) is 66.7 Å². The van der Waals surface area contributed by atoms with E-state index < -0.39 is 0 Å². The summed E-state index contributed by atoms with van der Waals surface area (Å²) < 4.78 is 32.5. The van der Waals surface area contributed by atoms with Gasteiger partial charge in [0.15, 0.2) is 0 Å². The molecule has 10 heterocycles. The van der Waals surface area contributed by atoms with Crippen LogP contribution in [0.5, 0.6) is 0 Å². The van der Waals surface area contributed by atoms with Gasteiger partial charge in [0.1, 0.15) is 16.9 Å². The van der Waals surface area contributed by atoms with Crippen LogP contribution in [0.3, 0.4) is 0 Å². The Labute approximate surface area is 496 Å². The number of fused-ring (bicyclic) bond motifs is 12. The van der Waals surface area contributed by atoms with Crippen LogP contribution in [0, 0.1) is 13.8 Å². The van der Waals surface area contributed by atoms with Gasteiger partial charge in [-0.3, -0.25) is 15.0 Å². The predicted octanol–water partition coefficient (Wildman–Crippen LogP) is 17.8. The molecule has 15 nitrogen and oxygen atoms in total. The molecular weight excluding hydrogens is 1100 g/mol. The highest BCUT2D eigenvalue weighted by Gasteiger charge is 2.25. The minimum absolute atomic E-state index is 0.345. The highest BCUT2D eigenvalue weighted by Crippen LogP contribution is 2.46. The summed E-state index contributed by atoms with van der Waals surface area (Å²) in [5.41, 5.74) is 16.3. The van der Waals surface area contributed by atoms with Crippen molar-refractivity contribution in [1.29, 1.82) is 0 Å². The van der Waals surface area contributed by atoms with Crippen molar-refractivity contribution in [2.24, 2.45) is 0 Å². The van der Waals surface area contributed by atoms with Gasteiger partial charge >= 0.3 is 0 Å². The lowest BCUT2D eigenvalue weighted by molar-refractivity contribution is 0.582. The van der Waals surface area contributed by atoms with Crippen molar-refractivity contribution in [3.63, 3.8) is 0 Å². The highest BCUT2D eigenvalue weighted by atomic mass is 32.1. The first-order valence-corrected chi connectivity index (χ1v) is 29.0. The zero-order valence-corrected chi connectivity index (χ0v) is 47.0. The number of benzene rings is 8. The van der Waals surface area contributed by atoms with E-state index in [1.54, 1.807) is 11.3 Å². The van der Waals surface area contributed by atoms with Crippen LogP contribution < -0.4 is 0 Å². The largest absolute Gasteiger partial charge is 0.456 e. The molecule has 0 aliphatic heterocycles. The average Bonchev–Trinajstić information content (AvgIpc) is 1.68. The fourth-order valence-corrected chi connectivity index (χ4v) is 13.6. The predicted molar refractivity (Wildman–Crippen MR) is 340 cm³/mol. The molecule has 87 heavy (non-hydrogen) atoms. The Kier molecular flexibility index (Phi) is 10.6. The molecule has 0 fully saturated rings. The summed E-state index contributed by atoms with van der Waals surface area (Å²) in [4.78, 5) is 14.2. The third-order valence-electron chi connectivity index (χ3n) is 16.5. The molecule has 0 atom stereocenters. The van der Waals surface area contributed by atoms with Crippen LogP contribution in [-0.4, -0.2) is 54.7 Å². The Hall–Kier alpha value is -11.8. The number of aromatic nitrogens is 11. The maximum absolute atomic E-state index is 6.86. The Morgan fingerprint density at radius 1 is 0.333 bits per heavy atom. The fraction of sp³-hybridized carbons (Fsp3) is 0.0282. The molecule has 0 saturated heterocycles. The molecule has 0 bridgehead atoms.